The Hall–Kier alpha value is -1.95. The molecule has 0 radical (unpaired) electrons. The van der Waals surface area contributed by atoms with Gasteiger partial charge in [-0.15, -0.1) is 5.10 Å². The van der Waals surface area contributed by atoms with Gasteiger partial charge in [-0.25, -0.2) is 13.9 Å². The number of anilines is 1. The Morgan fingerprint density at radius 2 is 1.96 bits per heavy atom. The zero-order valence-corrected chi connectivity index (χ0v) is 13.5. The quantitative estimate of drug-likeness (QED) is 0.713. The van der Waals surface area contributed by atoms with Crippen LogP contribution in [0.5, 0.6) is 0 Å². The maximum atomic E-state index is 13.0. The van der Waals surface area contributed by atoms with Crippen LogP contribution in [0.25, 0.3) is 16.2 Å². The zero-order chi connectivity index (χ0) is 15.4. The van der Waals surface area contributed by atoms with Crippen LogP contribution in [-0.2, 0) is 0 Å². The van der Waals surface area contributed by atoms with Crippen LogP contribution in [0.15, 0.2) is 30.5 Å². The molecular formula is C17H17FN4S. The molecule has 0 bridgehead atoms. The van der Waals surface area contributed by atoms with E-state index < -0.39 is 0 Å². The number of rotatable bonds is 2. The summed E-state index contributed by atoms with van der Waals surface area (Å²) in [7, 11) is 0. The van der Waals surface area contributed by atoms with Crippen molar-refractivity contribution in [1.82, 2.24) is 14.6 Å². The molecule has 3 heterocycles. The zero-order valence-electron chi connectivity index (χ0n) is 12.7. The minimum atomic E-state index is -0.228. The lowest BCUT2D eigenvalue weighted by molar-refractivity contribution is 0.394. The summed E-state index contributed by atoms with van der Waals surface area (Å²) in [5, 5.41) is 5.79. The molecule has 3 aromatic rings. The van der Waals surface area contributed by atoms with Crippen LogP contribution < -0.4 is 4.90 Å². The van der Waals surface area contributed by atoms with Crippen LogP contribution in [0.4, 0.5) is 9.52 Å². The summed E-state index contributed by atoms with van der Waals surface area (Å²) in [6, 6.07) is 6.43. The highest BCUT2D eigenvalue weighted by molar-refractivity contribution is 7.20. The number of piperidine rings is 1. The van der Waals surface area contributed by atoms with Gasteiger partial charge in [0, 0.05) is 18.7 Å². The Balaban J connectivity index is 1.44. The smallest absolute Gasteiger partial charge is 0.214 e. The highest BCUT2D eigenvalue weighted by atomic mass is 32.1. The Bertz CT molecular complexity index is 831. The molecule has 0 atom stereocenters. The number of hydrogen-bond acceptors (Lipinski definition) is 4. The number of imidazole rings is 1. The minimum absolute atomic E-state index is 0.228. The predicted octanol–water partition coefficient (Wildman–Crippen LogP) is 3.98. The molecule has 0 amide bonds. The monoisotopic (exact) mass is 328 g/mol. The van der Waals surface area contributed by atoms with Crippen molar-refractivity contribution in [2.45, 2.75) is 25.7 Å². The number of fused-ring (bicyclic) bond motifs is 1. The summed E-state index contributed by atoms with van der Waals surface area (Å²) in [5.74, 6) is -0.228. The van der Waals surface area contributed by atoms with Crippen LogP contribution in [0, 0.1) is 11.2 Å². The molecule has 2 aliphatic rings. The van der Waals surface area contributed by atoms with E-state index >= 15 is 0 Å². The molecular weight excluding hydrogens is 311 g/mol. The van der Waals surface area contributed by atoms with Crippen molar-refractivity contribution in [2.24, 2.45) is 5.41 Å². The lowest BCUT2D eigenvalue weighted by atomic mass is 9.96. The van der Waals surface area contributed by atoms with Crippen molar-refractivity contribution in [1.29, 1.82) is 0 Å². The van der Waals surface area contributed by atoms with Crippen molar-refractivity contribution >= 4 is 21.4 Å². The first-order valence-corrected chi connectivity index (χ1v) is 8.90. The fourth-order valence-electron chi connectivity index (χ4n) is 3.53. The van der Waals surface area contributed by atoms with Gasteiger partial charge in [0.05, 0.1) is 11.9 Å². The molecule has 5 rings (SSSR count). The standard InChI is InChI=1S/C17H17FN4S/c18-13-4-2-12(3-5-13)14-10-22-15(19-14)23-16(20-22)21-9-1-6-17(11-21)7-8-17/h2-5,10H,1,6-9,11H2. The summed E-state index contributed by atoms with van der Waals surface area (Å²) in [6.45, 7) is 2.25. The molecule has 1 aliphatic heterocycles. The van der Waals surface area contributed by atoms with Gasteiger partial charge in [-0.3, -0.25) is 0 Å². The maximum Gasteiger partial charge on any atom is 0.214 e. The molecule has 6 heteroatoms. The molecule has 0 N–H and O–H groups in total. The molecule has 23 heavy (non-hydrogen) atoms. The summed E-state index contributed by atoms with van der Waals surface area (Å²) in [6.07, 6.45) is 7.32. The van der Waals surface area contributed by atoms with Crippen molar-refractivity contribution in [3.05, 3.63) is 36.3 Å². The second-order valence-corrected chi connectivity index (χ2v) is 7.70. The van der Waals surface area contributed by atoms with E-state index in [0.29, 0.717) is 5.41 Å². The van der Waals surface area contributed by atoms with E-state index in [-0.39, 0.29) is 5.82 Å². The number of aromatic nitrogens is 3. The first kappa shape index (κ1) is 13.5. The molecule has 4 nitrogen and oxygen atoms in total. The fraction of sp³-hybridized carbons (Fsp3) is 0.412. The maximum absolute atomic E-state index is 13.0. The summed E-state index contributed by atoms with van der Waals surface area (Å²) < 4.78 is 14.9. The molecule has 2 aromatic heterocycles. The first-order valence-electron chi connectivity index (χ1n) is 8.08. The van der Waals surface area contributed by atoms with Crippen molar-refractivity contribution in [3.63, 3.8) is 0 Å². The average molecular weight is 328 g/mol. The normalized spacial score (nSPS) is 19.6. The van der Waals surface area contributed by atoms with E-state index in [9.17, 15) is 4.39 Å². The molecule has 118 valence electrons. The third kappa shape index (κ3) is 2.32. The number of benzene rings is 1. The second-order valence-electron chi connectivity index (χ2n) is 6.77. The first-order chi connectivity index (χ1) is 11.2. The van der Waals surface area contributed by atoms with Crippen molar-refractivity contribution in [3.8, 4) is 11.3 Å². The van der Waals surface area contributed by atoms with Crippen molar-refractivity contribution < 1.29 is 4.39 Å². The van der Waals surface area contributed by atoms with E-state index in [1.165, 1.54) is 37.8 Å². The molecule has 1 aromatic carbocycles. The van der Waals surface area contributed by atoms with E-state index in [1.807, 2.05) is 10.7 Å². The second kappa shape index (κ2) is 4.77. The number of halogens is 1. The van der Waals surface area contributed by atoms with Gasteiger partial charge in [0.2, 0.25) is 10.1 Å². The third-order valence-corrected chi connectivity index (χ3v) is 6.04. The van der Waals surface area contributed by atoms with Crippen LogP contribution in [-0.4, -0.2) is 27.7 Å². The summed E-state index contributed by atoms with van der Waals surface area (Å²) >= 11 is 1.64. The number of hydrogen-bond donors (Lipinski definition) is 0. The van der Waals surface area contributed by atoms with E-state index in [2.05, 4.69) is 9.88 Å². The Morgan fingerprint density at radius 3 is 2.70 bits per heavy atom. The molecule has 1 saturated heterocycles. The van der Waals surface area contributed by atoms with Crippen LogP contribution in [0.2, 0.25) is 0 Å². The third-order valence-electron chi connectivity index (χ3n) is 5.06. The highest BCUT2D eigenvalue weighted by Gasteiger charge is 2.45. The summed E-state index contributed by atoms with van der Waals surface area (Å²) in [5.41, 5.74) is 2.35. The summed E-state index contributed by atoms with van der Waals surface area (Å²) in [4.78, 5) is 7.97. The van der Waals surface area contributed by atoms with Gasteiger partial charge in [0.15, 0.2) is 0 Å². The molecule has 0 unspecified atom stereocenters. The van der Waals surface area contributed by atoms with Crippen molar-refractivity contribution in [2.75, 3.05) is 18.0 Å². The van der Waals surface area contributed by atoms with Gasteiger partial charge >= 0.3 is 0 Å². The highest BCUT2D eigenvalue weighted by Crippen LogP contribution is 2.52. The van der Waals surface area contributed by atoms with Crippen LogP contribution in [0.1, 0.15) is 25.7 Å². The fourth-order valence-corrected chi connectivity index (χ4v) is 4.44. The Kier molecular flexibility index (Phi) is 2.80. The van der Waals surface area contributed by atoms with E-state index in [1.54, 1.807) is 23.5 Å². The van der Waals surface area contributed by atoms with Gasteiger partial charge in [-0.1, -0.05) is 11.3 Å². The predicted molar refractivity (Wildman–Crippen MR) is 89.4 cm³/mol. The lowest BCUT2D eigenvalue weighted by Gasteiger charge is -2.32. The molecule has 1 spiro atoms. The minimum Gasteiger partial charge on any atom is -0.346 e. The van der Waals surface area contributed by atoms with Gasteiger partial charge < -0.3 is 4.90 Å². The van der Waals surface area contributed by atoms with Gasteiger partial charge in [0.25, 0.3) is 0 Å². The SMILES string of the molecule is Fc1ccc(-c2cn3nc(N4CCCC5(CC5)C4)sc3n2)cc1. The molecule has 1 saturated carbocycles. The average Bonchev–Trinajstić information content (AvgIpc) is 3.00. The Labute approximate surface area is 137 Å². The van der Waals surface area contributed by atoms with Gasteiger partial charge in [-0.05, 0) is 55.4 Å². The van der Waals surface area contributed by atoms with Gasteiger partial charge in [0.1, 0.15) is 5.82 Å². The Morgan fingerprint density at radius 1 is 1.13 bits per heavy atom. The van der Waals surface area contributed by atoms with Gasteiger partial charge in [-0.2, -0.15) is 0 Å². The van der Waals surface area contributed by atoms with Crippen LogP contribution in [0.3, 0.4) is 0 Å². The molecule has 1 aliphatic carbocycles. The molecule has 2 fully saturated rings. The lowest BCUT2D eigenvalue weighted by Crippen LogP contribution is -2.36. The number of nitrogens with zero attached hydrogens (tertiary/aromatic N) is 4. The topological polar surface area (TPSA) is 33.4 Å². The largest absolute Gasteiger partial charge is 0.346 e. The van der Waals surface area contributed by atoms with E-state index in [0.717, 1.165) is 34.4 Å². The van der Waals surface area contributed by atoms with Crippen LogP contribution >= 0.6 is 11.3 Å². The van der Waals surface area contributed by atoms with E-state index in [4.69, 9.17) is 5.10 Å².